The third kappa shape index (κ3) is 3.81. The summed E-state index contributed by atoms with van der Waals surface area (Å²) in [5, 5.41) is 10.1. The number of hydrogen-bond acceptors (Lipinski definition) is 5. The van der Waals surface area contributed by atoms with Gasteiger partial charge in [-0.15, -0.1) is 0 Å². The van der Waals surface area contributed by atoms with Crippen LogP contribution in [0.25, 0.3) is 17.1 Å². The number of halogens is 1. The number of para-hydroxylation sites is 2. The second-order valence-corrected chi connectivity index (χ2v) is 6.90. The molecule has 1 aromatic heterocycles. The normalized spacial score (nSPS) is 11.4. The summed E-state index contributed by atoms with van der Waals surface area (Å²) in [6, 6.07) is 13.6. The van der Waals surface area contributed by atoms with E-state index in [1.54, 1.807) is 20.3 Å². The van der Waals surface area contributed by atoms with Crippen molar-refractivity contribution >= 4 is 44.8 Å². The molecule has 0 spiro atoms. The van der Waals surface area contributed by atoms with E-state index < -0.39 is 0 Å². The van der Waals surface area contributed by atoms with Crippen LogP contribution in [0.3, 0.4) is 0 Å². The topological polar surface area (TPSA) is 70.9 Å². The number of rotatable bonds is 5. The van der Waals surface area contributed by atoms with E-state index in [1.807, 2.05) is 36.4 Å². The van der Waals surface area contributed by atoms with Crippen LogP contribution in [-0.4, -0.2) is 24.2 Å². The molecule has 0 saturated heterocycles. The van der Waals surface area contributed by atoms with E-state index >= 15 is 0 Å². The van der Waals surface area contributed by atoms with E-state index in [4.69, 9.17) is 9.47 Å². The Kier molecular flexibility index (Phi) is 5.31. The van der Waals surface area contributed by atoms with Crippen molar-refractivity contribution in [3.05, 3.63) is 51.3 Å². The minimum Gasteiger partial charge on any atom is -0.493 e. The fourth-order valence-electron chi connectivity index (χ4n) is 2.34. The van der Waals surface area contributed by atoms with Gasteiger partial charge in [-0.05, 0) is 63.6 Å². The highest BCUT2D eigenvalue weighted by Gasteiger charge is 2.11. The molecule has 0 fully saturated rings. The Balaban J connectivity index is 1.92. The van der Waals surface area contributed by atoms with E-state index in [0.29, 0.717) is 21.6 Å². The Morgan fingerprint density at radius 1 is 1.28 bits per heavy atom. The van der Waals surface area contributed by atoms with Crippen molar-refractivity contribution in [3.63, 3.8) is 0 Å². The quantitative estimate of drug-likeness (QED) is 0.468. The fourth-order valence-corrected chi connectivity index (χ4v) is 3.71. The third-order valence-corrected chi connectivity index (χ3v) is 4.84. The minimum absolute atomic E-state index is 0.512. The molecule has 0 saturated carbocycles. The van der Waals surface area contributed by atoms with Crippen LogP contribution in [0, 0.1) is 11.3 Å². The molecule has 3 aromatic rings. The van der Waals surface area contributed by atoms with E-state index in [9.17, 15) is 5.26 Å². The first kappa shape index (κ1) is 17.4. The van der Waals surface area contributed by atoms with Crippen molar-refractivity contribution in [1.29, 1.82) is 5.26 Å². The van der Waals surface area contributed by atoms with Crippen molar-refractivity contribution in [2.75, 3.05) is 14.2 Å². The van der Waals surface area contributed by atoms with Crippen molar-refractivity contribution in [2.24, 2.45) is 0 Å². The monoisotopic (exact) mass is 415 g/mol. The summed E-state index contributed by atoms with van der Waals surface area (Å²) in [6.07, 6.45) is 1.78. The standard InChI is InChI=1S/C18H14BrN3O2S/c1-23-16-9-11(8-13(19)17(16)24-2)7-12(10-20)25-18-21-14-5-3-4-6-15(14)22-18/h3-9H,1-2H3,(H,21,22)/b12-7+. The summed E-state index contributed by atoms with van der Waals surface area (Å²) < 4.78 is 11.4. The molecule has 5 nitrogen and oxygen atoms in total. The number of benzene rings is 2. The lowest BCUT2D eigenvalue weighted by Gasteiger charge is -2.10. The fraction of sp³-hybridized carbons (Fsp3) is 0.111. The van der Waals surface area contributed by atoms with Gasteiger partial charge in [-0.1, -0.05) is 12.1 Å². The molecule has 126 valence electrons. The van der Waals surface area contributed by atoms with Gasteiger partial charge in [0.1, 0.15) is 6.07 Å². The van der Waals surface area contributed by atoms with Crippen LogP contribution in [0.1, 0.15) is 5.56 Å². The number of aromatic nitrogens is 2. The molecule has 1 heterocycles. The lowest BCUT2D eigenvalue weighted by atomic mass is 10.2. The van der Waals surface area contributed by atoms with Crippen LogP contribution in [0.4, 0.5) is 0 Å². The summed E-state index contributed by atoms with van der Waals surface area (Å²) in [6.45, 7) is 0. The maximum Gasteiger partial charge on any atom is 0.174 e. The summed E-state index contributed by atoms with van der Waals surface area (Å²) >= 11 is 4.74. The Bertz CT molecular complexity index is 959. The number of nitrogens with zero attached hydrogens (tertiary/aromatic N) is 2. The first-order valence-electron chi connectivity index (χ1n) is 7.30. The van der Waals surface area contributed by atoms with E-state index in [1.165, 1.54) is 11.8 Å². The highest BCUT2D eigenvalue weighted by atomic mass is 79.9. The number of nitriles is 1. The number of methoxy groups -OCH3 is 2. The first-order chi connectivity index (χ1) is 12.1. The molecule has 0 bridgehead atoms. The van der Waals surface area contributed by atoms with Gasteiger partial charge in [0.25, 0.3) is 0 Å². The lowest BCUT2D eigenvalue weighted by Crippen LogP contribution is -1.92. The third-order valence-electron chi connectivity index (χ3n) is 3.44. The highest BCUT2D eigenvalue weighted by molar-refractivity contribution is 9.10. The number of thioether (sulfide) groups is 1. The SMILES string of the molecule is COc1cc(/C=C(\C#N)Sc2nc3ccccc3[nH]2)cc(Br)c1OC. The van der Waals surface area contributed by atoms with Crippen LogP contribution in [0.2, 0.25) is 0 Å². The molecular weight excluding hydrogens is 402 g/mol. The molecule has 7 heteroatoms. The summed E-state index contributed by atoms with van der Waals surface area (Å²) in [5.41, 5.74) is 2.64. The van der Waals surface area contributed by atoms with Crippen LogP contribution >= 0.6 is 27.7 Å². The Morgan fingerprint density at radius 2 is 2.08 bits per heavy atom. The largest absolute Gasteiger partial charge is 0.493 e. The summed E-state index contributed by atoms with van der Waals surface area (Å²) in [5.74, 6) is 1.21. The van der Waals surface area contributed by atoms with Gasteiger partial charge < -0.3 is 14.5 Å². The maximum atomic E-state index is 9.47. The van der Waals surface area contributed by atoms with Crippen LogP contribution in [0.15, 0.2) is 50.9 Å². The number of aromatic amines is 1. The second kappa shape index (κ2) is 7.64. The van der Waals surface area contributed by atoms with Crippen molar-refractivity contribution in [1.82, 2.24) is 9.97 Å². The molecule has 0 amide bonds. The zero-order valence-electron chi connectivity index (χ0n) is 13.5. The van der Waals surface area contributed by atoms with Gasteiger partial charge in [-0.3, -0.25) is 0 Å². The van der Waals surface area contributed by atoms with E-state index in [0.717, 1.165) is 21.1 Å². The Morgan fingerprint density at radius 3 is 2.76 bits per heavy atom. The molecular formula is C18H14BrN3O2S. The van der Waals surface area contributed by atoms with E-state index in [2.05, 4.69) is 32.0 Å². The summed E-state index contributed by atoms with van der Waals surface area (Å²) in [4.78, 5) is 8.20. The van der Waals surface area contributed by atoms with Gasteiger partial charge in [-0.25, -0.2) is 4.98 Å². The number of H-pyrrole nitrogens is 1. The summed E-state index contributed by atoms with van der Waals surface area (Å²) in [7, 11) is 3.16. The van der Waals surface area contributed by atoms with Gasteiger partial charge in [0.05, 0.1) is 34.6 Å². The van der Waals surface area contributed by atoms with E-state index in [-0.39, 0.29) is 0 Å². The van der Waals surface area contributed by atoms with Crippen molar-refractivity contribution < 1.29 is 9.47 Å². The van der Waals surface area contributed by atoms with Gasteiger partial charge in [0.2, 0.25) is 0 Å². The van der Waals surface area contributed by atoms with Gasteiger partial charge in [-0.2, -0.15) is 5.26 Å². The molecule has 0 radical (unpaired) electrons. The van der Waals surface area contributed by atoms with Gasteiger partial charge in [0.15, 0.2) is 16.7 Å². The Labute approximate surface area is 157 Å². The smallest absolute Gasteiger partial charge is 0.174 e. The lowest BCUT2D eigenvalue weighted by molar-refractivity contribution is 0.353. The predicted molar refractivity (Wildman–Crippen MR) is 103 cm³/mol. The second-order valence-electron chi connectivity index (χ2n) is 5.02. The Hall–Kier alpha value is -2.43. The molecule has 2 aromatic carbocycles. The number of nitrogens with one attached hydrogen (secondary N) is 1. The molecule has 1 N–H and O–H groups in total. The zero-order chi connectivity index (χ0) is 17.8. The first-order valence-corrected chi connectivity index (χ1v) is 8.91. The van der Waals surface area contributed by atoms with Crippen LogP contribution in [0.5, 0.6) is 11.5 Å². The molecule has 3 rings (SSSR count). The highest BCUT2D eigenvalue weighted by Crippen LogP contribution is 2.37. The molecule has 0 atom stereocenters. The maximum absolute atomic E-state index is 9.47. The minimum atomic E-state index is 0.512. The van der Waals surface area contributed by atoms with Crippen molar-refractivity contribution in [3.8, 4) is 17.6 Å². The van der Waals surface area contributed by atoms with Gasteiger partial charge >= 0.3 is 0 Å². The van der Waals surface area contributed by atoms with Crippen LogP contribution in [-0.2, 0) is 0 Å². The number of fused-ring (bicyclic) bond motifs is 1. The number of ether oxygens (including phenoxy) is 2. The molecule has 0 aliphatic heterocycles. The molecule has 25 heavy (non-hydrogen) atoms. The van der Waals surface area contributed by atoms with Crippen LogP contribution < -0.4 is 9.47 Å². The number of hydrogen-bond donors (Lipinski definition) is 1. The predicted octanol–water partition coefficient (Wildman–Crippen LogP) is 5.00. The number of imidazole rings is 1. The zero-order valence-corrected chi connectivity index (χ0v) is 15.9. The van der Waals surface area contributed by atoms with Gasteiger partial charge in [0, 0.05) is 0 Å². The molecule has 0 aliphatic carbocycles. The van der Waals surface area contributed by atoms with Crippen molar-refractivity contribution in [2.45, 2.75) is 5.16 Å². The average molecular weight is 416 g/mol. The number of allylic oxidation sites excluding steroid dienone is 1. The molecule has 0 unspecified atom stereocenters. The molecule has 0 aliphatic rings. The average Bonchev–Trinajstić information content (AvgIpc) is 3.02.